The molecule has 1 saturated heterocycles. The van der Waals surface area contributed by atoms with E-state index in [9.17, 15) is 0 Å². The van der Waals surface area contributed by atoms with Gasteiger partial charge in [-0.15, -0.1) is 0 Å². The summed E-state index contributed by atoms with van der Waals surface area (Å²) in [5, 5.41) is 0. The quantitative estimate of drug-likeness (QED) is 0.876. The van der Waals surface area contributed by atoms with Gasteiger partial charge in [-0.05, 0) is 32.6 Å². The van der Waals surface area contributed by atoms with Crippen molar-refractivity contribution >= 4 is 5.82 Å². The van der Waals surface area contributed by atoms with Crippen molar-refractivity contribution in [1.82, 2.24) is 9.97 Å². The summed E-state index contributed by atoms with van der Waals surface area (Å²) in [6, 6.07) is 2.20. The van der Waals surface area contributed by atoms with E-state index in [1.165, 1.54) is 0 Å². The van der Waals surface area contributed by atoms with E-state index in [-0.39, 0.29) is 6.04 Å². The summed E-state index contributed by atoms with van der Waals surface area (Å²) in [5.74, 6) is 2.24. The van der Waals surface area contributed by atoms with E-state index < -0.39 is 0 Å². The molecule has 2 rings (SSSR count). The van der Waals surface area contributed by atoms with Crippen LogP contribution in [0.15, 0.2) is 12.4 Å². The molecular formula is C13H22N4O. The van der Waals surface area contributed by atoms with Crippen LogP contribution in [-0.2, 0) is 0 Å². The Labute approximate surface area is 108 Å². The number of aromatic nitrogens is 2. The Hall–Kier alpha value is -1.36. The molecule has 18 heavy (non-hydrogen) atoms. The lowest BCUT2D eigenvalue weighted by Gasteiger charge is -2.34. The van der Waals surface area contributed by atoms with Crippen molar-refractivity contribution < 1.29 is 4.74 Å². The Balaban J connectivity index is 1.98. The molecule has 0 amide bonds. The van der Waals surface area contributed by atoms with Gasteiger partial charge in [-0.1, -0.05) is 0 Å². The summed E-state index contributed by atoms with van der Waals surface area (Å²) in [5.41, 5.74) is 5.95. The molecule has 1 aliphatic heterocycles. The van der Waals surface area contributed by atoms with Crippen LogP contribution in [0.1, 0.15) is 26.7 Å². The number of ether oxygens (including phenoxy) is 1. The van der Waals surface area contributed by atoms with Gasteiger partial charge in [0.1, 0.15) is 12.1 Å². The van der Waals surface area contributed by atoms with Crippen LogP contribution < -0.4 is 15.4 Å². The molecule has 0 aliphatic carbocycles. The van der Waals surface area contributed by atoms with Gasteiger partial charge in [0.15, 0.2) is 0 Å². The zero-order chi connectivity index (χ0) is 13.0. The van der Waals surface area contributed by atoms with Crippen LogP contribution in [-0.4, -0.2) is 35.7 Å². The maximum absolute atomic E-state index is 5.95. The fourth-order valence-electron chi connectivity index (χ4n) is 2.38. The molecule has 1 aromatic heterocycles. The molecule has 0 aromatic carbocycles. The maximum Gasteiger partial charge on any atom is 0.218 e. The number of piperidine rings is 1. The second-order valence-corrected chi connectivity index (χ2v) is 4.83. The first kappa shape index (κ1) is 13.1. The van der Waals surface area contributed by atoms with Gasteiger partial charge in [-0.3, -0.25) is 0 Å². The zero-order valence-corrected chi connectivity index (χ0v) is 11.2. The number of anilines is 1. The van der Waals surface area contributed by atoms with Crippen LogP contribution in [0, 0.1) is 5.92 Å². The number of hydrogen-bond acceptors (Lipinski definition) is 5. The van der Waals surface area contributed by atoms with Gasteiger partial charge < -0.3 is 15.4 Å². The fourth-order valence-corrected chi connectivity index (χ4v) is 2.38. The van der Waals surface area contributed by atoms with Gasteiger partial charge in [0.05, 0.1) is 6.61 Å². The maximum atomic E-state index is 5.95. The molecule has 100 valence electrons. The van der Waals surface area contributed by atoms with Crippen molar-refractivity contribution in [3.63, 3.8) is 0 Å². The van der Waals surface area contributed by atoms with Crippen molar-refractivity contribution in [3.05, 3.63) is 12.4 Å². The largest absolute Gasteiger partial charge is 0.478 e. The van der Waals surface area contributed by atoms with Crippen LogP contribution in [0.3, 0.4) is 0 Å². The van der Waals surface area contributed by atoms with E-state index in [2.05, 4.69) is 21.8 Å². The number of nitrogens with two attached hydrogens (primary N) is 1. The van der Waals surface area contributed by atoms with Gasteiger partial charge >= 0.3 is 0 Å². The van der Waals surface area contributed by atoms with Crippen molar-refractivity contribution in [2.75, 3.05) is 24.6 Å². The Morgan fingerprint density at radius 2 is 2.17 bits per heavy atom. The number of rotatable bonds is 4. The summed E-state index contributed by atoms with van der Waals surface area (Å²) in [4.78, 5) is 10.7. The van der Waals surface area contributed by atoms with E-state index >= 15 is 0 Å². The SMILES string of the molecule is CCOc1cc(N2CCC(C(C)N)CC2)ncn1. The summed E-state index contributed by atoms with van der Waals surface area (Å²) in [6.07, 6.45) is 3.83. The molecule has 0 spiro atoms. The lowest BCUT2D eigenvalue weighted by molar-refractivity contribution is 0.325. The van der Waals surface area contributed by atoms with Gasteiger partial charge in [0, 0.05) is 25.2 Å². The molecule has 1 fully saturated rings. The van der Waals surface area contributed by atoms with Gasteiger partial charge in [-0.2, -0.15) is 0 Å². The van der Waals surface area contributed by atoms with E-state index in [0.29, 0.717) is 18.4 Å². The van der Waals surface area contributed by atoms with Crippen LogP contribution in [0.5, 0.6) is 5.88 Å². The standard InChI is InChI=1S/C13H22N4O/c1-3-18-13-8-12(15-9-16-13)17-6-4-11(5-7-17)10(2)14/h8-11H,3-7,14H2,1-2H3. The second kappa shape index (κ2) is 6.00. The predicted molar refractivity (Wildman–Crippen MR) is 71.8 cm³/mol. The van der Waals surface area contributed by atoms with Crippen LogP contribution in [0.2, 0.25) is 0 Å². The van der Waals surface area contributed by atoms with Gasteiger partial charge in [0.2, 0.25) is 5.88 Å². The molecular weight excluding hydrogens is 228 g/mol. The summed E-state index contributed by atoms with van der Waals surface area (Å²) in [6.45, 7) is 6.70. The molecule has 0 radical (unpaired) electrons. The third-order valence-electron chi connectivity index (χ3n) is 3.53. The van der Waals surface area contributed by atoms with E-state index in [0.717, 1.165) is 31.7 Å². The number of nitrogens with zero attached hydrogens (tertiary/aromatic N) is 3. The average Bonchev–Trinajstić information content (AvgIpc) is 2.39. The first-order valence-corrected chi connectivity index (χ1v) is 6.66. The Bertz CT molecular complexity index is 375. The molecule has 1 unspecified atom stereocenters. The third-order valence-corrected chi connectivity index (χ3v) is 3.53. The normalized spacial score (nSPS) is 18.7. The summed E-state index contributed by atoms with van der Waals surface area (Å²) < 4.78 is 5.40. The molecule has 0 saturated carbocycles. The lowest BCUT2D eigenvalue weighted by atomic mass is 9.91. The molecule has 1 atom stereocenters. The summed E-state index contributed by atoms with van der Waals surface area (Å²) in [7, 11) is 0. The number of hydrogen-bond donors (Lipinski definition) is 1. The van der Waals surface area contributed by atoms with E-state index in [1.807, 2.05) is 13.0 Å². The highest BCUT2D eigenvalue weighted by atomic mass is 16.5. The van der Waals surface area contributed by atoms with Gasteiger partial charge in [-0.25, -0.2) is 9.97 Å². The molecule has 1 aliphatic rings. The molecule has 2 heterocycles. The van der Waals surface area contributed by atoms with E-state index in [1.54, 1.807) is 6.33 Å². The van der Waals surface area contributed by atoms with Crippen molar-refractivity contribution in [1.29, 1.82) is 0 Å². The predicted octanol–water partition coefficient (Wildman–Crippen LogP) is 1.44. The molecule has 2 N–H and O–H groups in total. The Morgan fingerprint density at radius 1 is 1.44 bits per heavy atom. The lowest BCUT2D eigenvalue weighted by Crippen LogP contribution is -2.40. The zero-order valence-electron chi connectivity index (χ0n) is 11.2. The second-order valence-electron chi connectivity index (χ2n) is 4.83. The fraction of sp³-hybridized carbons (Fsp3) is 0.692. The molecule has 5 nitrogen and oxygen atoms in total. The highest BCUT2D eigenvalue weighted by Crippen LogP contribution is 2.24. The van der Waals surface area contributed by atoms with Crippen molar-refractivity contribution in [3.8, 4) is 5.88 Å². The van der Waals surface area contributed by atoms with Gasteiger partial charge in [0.25, 0.3) is 0 Å². The minimum atomic E-state index is 0.288. The van der Waals surface area contributed by atoms with Crippen LogP contribution in [0.25, 0.3) is 0 Å². The topological polar surface area (TPSA) is 64.3 Å². The monoisotopic (exact) mass is 250 g/mol. The Kier molecular flexibility index (Phi) is 4.36. The third kappa shape index (κ3) is 3.10. The Morgan fingerprint density at radius 3 is 2.78 bits per heavy atom. The van der Waals surface area contributed by atoms with Crippen molar-refractivity contribution in [2.24, 2.45) is 11.7 Å². The minimum Gasteiger partial charge on any atom is -0.478 e. The average molecular weight is 250 g/mol. The highest BCUT2D eigenvalue weighted by molar-refractivity contribution is 5.41. The molecule has 1 aromatic rings. The van der Waals surface area contributed by atoms with E-state index in [4.69, 9.17) is 10.5 Å². The first-order chi connectivity index (χ1) is 8.70. The molecule has 0 bridgehead atoms. The first-order valence-electron chi connectivity index (χ1n) is 6.66. The van der Waals surface area contributed by atoms with Crippen LogP contribution in [0.4, 0.5) is 5.82 Å². The van der Waals surface area contributed by atoms with Crippen molar-refractivity contribution in [2.45, 2.75) is 32.7 Å². The molecule has 5 heteroatoms. The van der Waals surface area contributed by atoms with Crippen LogP contribution >= 0.6 is 0 Å². The highest BCUT2D eigenvalue weighted by Gasteiger charge is 2.22. The smallest absolute Gasteiger partial charge is 0.218 e. The summed E-state index contributed by atoms with van der Waals surface area (Å²) >= 11 is 0. The minimum absolute atomic E-state index is 0.288.